The molecule has 5 aromatic rings. The Balaban J connectivity index is 1.42. The highest BCUT2D eigenvalue weighted by atomic mass is 19.3. The van der Waals surface area contributed by atoms with Gasteiger partial charge in [-0.15, -0.1) is 10.2 Å². The first-order valence-electron chi connectivity index (χ1n) is 11.9. The van der Waals surface area contributed by atoms with Gasteiger partial charge in [0.05, 0.1) is 17.9 Å². The number of nitrogens with one attached hydrogen (secondary N) is 1. The van der Waals surface area contributed by atoms with E-state index in [-0.39, 0.29) is 12.4 Å². The predicted molar refractivity (Wildman–Crippen MR) is 132 cm³/mol. The quantitative estimate of drug-likeness (QED) is 0.287. The summed E-state index contributed by atoms with van der Waals surface area (Å²) in [7, 11) is 1.79. The van der Waals surface area contributed by atoms with Gasteiger partial charge in [0, 0.05) is 49.2 Å². The standard InChI is InChI=1S/C26H21F5N8/c1-14-11-32-22(34-23-3-4-33-37(23)2)9-20(14)15-5-21-24-35-36-25(39(24)19(10-27)13-38(21)12-15)26(30,31)16-6-17(28)8-18(29)7-16/h3-9,11-12,19H,10,13H2,1-2H3,(H,32,34)/t19-/m0/s1. The molecule has 5 heterocycles. The molecule has 1 atom stereocenters. The van der Waals surface area contributed by atoms with Gasteiger partial charge in [-0.2, -0.15) is 13.9 Å². The van der Waals surface area contributed by atoms with E-state index in [0.29, 0.717) is 29.7 Å². The number of anilines is 2. The van der Waals surface area contributed by atoms with Crippen LogP contribution in [0.1, 0.15) is 23.0 Å². The molecular formula is C26H21F5N8. The van der Waals surface area contributed by atoms with Crippen LogP contribution in [0.4, 0.5) is 33.6 Å². The van der Waals surface area contributed by atoms with Crippen molar-refractivity contribution in [3.05, 3.63) is 83.6 Å². The predicted octanol–water partition coefficient (Wildman–Crippen LogP) is 5.54. The van der Waals surface area contributed by atoms with Crippen molar-refractivity contribution in [1.82, 2.24) is 34.1 Å². The Bertz CT molecular complexity index is 1680. The number of halogens is 5. The van der Waals surface area contributed by atoms with E-state index in [1.54, 1.807) is 47.0 Å². The van der Waals surface area contributed by atoms with Crippen LogP contribution in [-0.2, 0) is 19.5 Å². The van der Waals surface area contributed by atoms with E-state index in [9.17, 15) is 13.2 Å². The van der Waals surface area contributed by atoms with Gasteiger partial charge in [-0.1, -0.05) is 0 Å². The number of pyridine rings is 1. The first kappa shape index (κ1) is 24.8. The number of rotatable bonds is 6. The van der Waals surface area contributed by atoms with Crippen molar-refractivity contribution in [2.45, 2.75) is 25.4 Å². The van der Waals surface area contributed by atoms with Crippen LogP contribution in [0.25, 0.3) is 22.6 Å². The van der Waals surface area contributed by atoms with Crippen LogP contribution in [0, 0.1) is 18.6 Å². The number of alkyl halides is 3. The SMILES string of the molecule is Cc1cnc(Nc2ccnn2C)cc1-c1cc2n(c1)C[C@H](CF)n1c-2nnc1C(F)(F)c1cc(F)cc(F)c1. The van der Waals surface area contributed by atoms with Gasteiger partial charge in [-0.05, 0) is 42.3 Å². The van der Waals surface area contributed by atoms with Gasteiger partial charge < -0.3 is 9.88 Å². The molecule has 0 aliphatic carbocycles. The van der Waals surface area contributed by atoms with Gasteiger partial charge in [-0.3, -0.25) is 9.25 Å². The van der Waals surface area contributed by atoms with E-state index in [1.165, 1.54) is 0 Å². The molecule has 1 N–H and O–H groups in total. The first-order chi connectivity index (χ1) is 18.7. The third kappa shape index (κ3) is 4.14. The lowest BCUT2D eigenvalue weighted by Gasteiger charge is -2.28. The summed E-state index contributed by atoms with van der Waals surface area (Å²) >= 11 is 0. The molecule has 13 heteroatoms. The third-order valence-electron chi connectivity index (χ3n) is 6.77. The molecule has 8 nitrogen and oxygen atoms in total. The van der Waals surface area contributed by atoms with E-state index >= 15 is 8.78 Å². The molecule has 0 radical (unpaired) electrons. The molecule has 1 aliphatic rings. The highest BCUT2D eigenvalue weighted by Gasteiger charge is 2.44. The number of nitrogens with zero attached hydrogens (tertiary/aromatic N) is 7. The van der Waals surface area contributed by atoms with Crippen LogP contribution in [0.3, 0.4) is 0 Å². The lowest BCUT2D eigenvalue weighted by atomic mass is 10.0. The summed E-state index contributed by atoms with van der Waals surface area (Å²) in [6.45, 7) is 0.934. The van der Waals surface area contributed by atoms with Gasteiger partial charge in [0.2, 0.25) is 5.82 Å². The van der Waals surface area contributed by atoms with Crippen LogP contribution in [0.15, 0.2) is 55.0 Å². The van der Waals surface area contributed by atoms with Gasteiger partial charge in [0.1, 0.15) is 29.9 Å². The second kappa shape index (κ2) is 9.03. The summed E-state index contributed by atoms with van der Waals surface area (Å²) in [5, 5.41) is 15.0. The Morgan fingerprint density at radius 1 is 1.08 bits per heavy atom. The number of aromatic nitrogens is 7. The Hall–Kier alpha value is -4.55. The molecule has 200 valence electrons. The van der Waals surface area contributed by atoms with Gasteiger partial charge >= 0.3 is 5.92 Å². The highest BCUT2D eigenvalue weighted by Crippen LogP contribution is 2.42. The van der Waals surface area contributed by atoms with Crippen LogP contribution in [0.2, 0.25) is 0 Å². The van der Waals surface area contributed by atoms with E-state index < -0.39 is 41.7 Å². The molecule has 4 aromatic heterocycles. The molecule has 1 aromatic carbocycles. The minimum Gasteiger partial charge on any atom is -0.342 e. The zero-order valence-corrected chi connectivity index (χ0v) is 20.7. The zero-order chi connectivity index (χ0) is 27.5. The van der Waals surface area contributed by atoms with Crippen LogP contribution < -0.4 is 5.32 Å². The Labute approximate surface area is 218 Å². The molecule has 6 rings (SSSR count). The molecule has 0 spiro atoms. The van der Waals surface area contributed by atoms with Crippen LogP contribution in [0.5, 0.6) is 0 Å². The molecule has 0 amide bonds. The minimum absolute atomic E-state index is 0.0293. The number of aryl methyl sites for hydroxylation is 2. The Kier molecular flexibility index (Phi) is 5.74. The summed E-state index contributed by atoms with van der Waals surface area (Å²) in [6, 6.07) is 5.91. The van der Waals surface area contributed by atoms with Crippen molar-refractivity contribution >= 4 is 11.6 Å². The van der Waals surface area contributed by atoms with E-state index in [0.717, 1.165) is 27.1 Å². The maximum atomic E-state index is 15.5. The van der Waals surface area contributed by atoms with Crippen molar-refractivity contribution in [3.8, 4) is 22.6 Å². The van der Waals surface area contributed by atoms with Crippen molar-refractivity contribution < 1.29 is 22.0 Å². The molecule has 0 unspecified atom stereocenters. The fraction of sp³-hybridized carbons (Fsp3) is 0.231. The summed E-state index contributed by atoms with van der Waals surface area (Å²) in [5.74, 6) is -5.80. The van der Waals surface area contributed by atoms with Gasteiger partial charge in [-0.25, -0.2) is 18.2 Å². The monoisotopic (exact) mass is 540 g/mol. The molecule has 1 aliphatic heterocycles. The van der Waals surface area contributed by atoms with Crippen molar-refractivity contribution in [2.24, 2.45) is 7.05 Å². The average molecular weight is 541 g/mol. The Morgan fingerprint density at radius 3 is 2.54 bits per heavy atom. The summed E-state index contributed by atoms with van der Waals surface area (Å²) in [6.07, 6.45) is 5.15. The molecule has 0 fully saturated rings. The van der Waals surface area contributed by atoms with Gasteiger partial charge in [0.15, 0.2) is 5.82 Å². The van der Waals surface area contributed by atoms with Crippen molar-refractivity contribution in [2.75, 3.05) is 12.0 Å². The molecule has 39 heavy (non-hydrogen) atoms. The fourth-order valence-electron chi connectivity index (χ4n) is 4.84. The third-order valence-corrected chi connectivity index (χ3v) is 6.77. The normalized spacial score (nSPS) is 14.8. The lowest BCUT2D eigenvalue weighted by Crippen LogP contribution is -2.30. The second-order valence-electron chi connectivity index (χ2n) is 9.37. The number of hydrogen-bond donors (Lipinski definition) is 1. The lowest BCUT2D eigenvalue weighted by molar-refractivity contribution is 0.0251. The van der Waals surface area contributed by atoms with Crippen molar-refractivity contribution in [1.29, 1.82) is 0 Å². The fourth-order valence-corrected chi connectivity index (χ4v) is 4.84. The van der Waals surface area contributed by atoms with E-state index in [4.69, 9.17) is 0 Å². The second-order valence-corrected chi connectivity index (χ2v) is 9.37. The van der Waals surface area contributed by atoms with E-state index in [2.05, 4.69) is 25.6 Å². The minimum atomic E-state index is -3.92. The molecule has 0 bridgehead atoms. The molecular weight excluding hydrogens is 519 g/mol. The Morgan fingerprint density at radius 2 is 1.85 bits per heavy atom. The first-order valence-corrected chi connectivity index (χ1v) is 11.9. The maximum Gasteiger partial charge on any atom is 0.332 e. The molecule has 0 saturated heterocycles. The van der Waals surface area contributed by atoms with E-state index in [1.807, 2.05) is 13.0 Å². The van der Waals surface area contributed by atoms with Crippen molar-refractivity contribution in [3.63, 3.8) is 0 Å². The zero-order valence-electron chi connectivity index (χ0n) is 20.7. The highest BCUT2D eigenvalue weighted by molar-refractivity contribution is 5.75. The number of benzene rings is 1. The molecule has 0 saturated carbocycles. The van der Waals surface area contributed by atoms with Gasteiger partial charge in [0.25, 0.3) is 0 Å². The summed E-state index contributed by atoms with van der Waals surface area (Å²) in [5.41, 5.74) is 1.94. The van der Waals surface area contributed by atoms with Crippen LogP contribution in [-0.4, -0.2) is 40.8 Å². The number of hydrogen-bond acceptors (Lipinski definition) is 5. The largest absolute Gasteiger partial charge is 0.342 e. The maximum absolute atomic E-state index is 15.5. The summed E-state index contributed by atoms with van der Waals surface area (Å²) in [4.78, 5) is 4.42. The topological polar surface area (TPSA) is 78.4 Å². The summed E-state index contributed by atoms with van der Waals surface area (Å²) < 4.78 is 77.1. The average Bonchev–Trinajstić information content (AvgIpc) is 3.62. The number of fused-ring (bicyclic) bond motifs is 3. The van der Waals surface area contributed by atoms with Crippen LogP contribution >= 0.6 is 0 Å². The smallest absolute Gasteiger partial charge is 0.332 e.